The molecule has 1 aromatic carbocycles. The zero-order valence-electron chi connectivity index (χ0n) is 12.3. The Morgan fingerprint density at radius 1 is 1.27 bits per heavy atom. The Kier molecular flexibility index (Phi) is 4.11. The largest absolute Gasteiger partial charge is 0.377 e. The Morgan fingerprint density at radius 2 is 2.09 bits per heavy atom. The van der Waals surface area contributed by atoms with Gasteiger partial charge in [0, 0.05) is 37.9 Å². The highest BCUT2D eigenvalue weighted by Gasteiger charge is 2.15. The molecule has 6 nitrogen and oxygen atoms in total. The number of anilines is 2. The van der Waals surface area contributed by atoms with Gasteiger partial charge in [-0.05, 0) is 20.8 Å². The molecule has 2 N–H and O–H groups in total. The third-order valence-corrected chi connectivity index (χ3v) is 3.82. The van der Waals surface area contributed by atoms with Crippen LogP contribution >= 0.6 is 9.39 Å². The molecule has 0 bridgehead atoms. The van der Waals surface area contributed by atoms with Gasteiger partial charge in [-0.2, -0.15) is 0 Å². The van der Waals surface area contributed by atoms with Crippen molar-refractivity contribution in [2.24, 2.45) is 0 Å². The lowest BCUT2D eigenvalue weighted by Crippen LogP contribution is -2.33. The van der Waals surface area contributed by atoms with Crippen LogP contribution in [0.15, 0.2) is 42.7 Å². The zero-order valence-corrected chi connectivity index (χ0v) is 13.4. The maximum atomic E-state index is 11.5. The minimum atomic E-state index is -0.312. The van der Waals surface area contributed by atoms with Crippen molar-refractivity contribution in [2.75, 3.05) is 30.4 Å². The van der Waals surface area contributed by atoms with E-state index in [0.717, 1.165) is 29.7 Å². The first-order valence-electron chi connectivity index (χ1n) is 7.00. The molecule has 1 aromatic heterocycles. The van der Waals surface area contributed by atoms with Gasteiger partial charge in [-0.25, -0.2) is 9.78 Å². The van der Waals surface area contributed by atoms with Crippen molar-refractivity contribution in [3.8, 4) is 0 Å². The summed E-state index contributed by atoms with van der Waals surface area (Å²) in [6, 6.07) is 9.60. The number of rotatable bonds is 2. The number of aromatic nitrogens is 1. The van der Waals surface area contributed by atoms with Crippen molar-refractivity contribution in [2.45, 2.75) is 0 Å². The normalized spacial score (nSPS) is 14.3. The van der Waals surface area contributed by atoms with E-state index in [1.165, 1.54) is 0 Å². The van der Waals surface area contributed by atoms with Crippen molar-refractivity contribution in [1.82, 2.24) is 15.0 Å². The second-order valence-corrected chi connectivity index (χ2v) is 5.41. The van der Waals surface area contributed by atoms with E-state index in [9.17, 15) is 4.79 Å². The number of urea groups is 1. The molecule has 1 aliphatic rings. The van der Waals surface area contributed by atoms with Crippen LogP contribution < -0.4 is 15.3 Å². The number of nitrogens with zero attached hydrogens (tertiary/aromatic N) is 3. The minimum Gasteiger partial charge on any atom is -0.377 e. The van der Waals surface area contributed by atoms with Crippen LogP contribution in [0.5, 0.6) is 0 Å². The predicted molar refractivity (Wildman–Crippen MR) is 92.7 cm³/mol. The summed E-state index contributed by atoms with van der Waals surface area (Å²) in [6.45, 7) is 1.78. The molecule has 0 saturated carbocycles. The Hall–Kier alpha value is -2.33. The lowest BCUT2D eigenvalue weighted by atomic mass is 10.1. The number of carbonyl (C=O) groups is 1. The summed E-state index contributed by atoms with van der Waals surface area (Å²) in [5.41, 5.74) is 0. The Morgan fingerprint density at radius 3 is 2.82 bits per heavy atom. The number of hydrogen-bond acceptors (Lipinski definition) is 4. The molecule has 3 rings (SSSR count). The highest BCUT2D eigenvalue weighted by atomic mass is 31.0. The highest BCUT2D eigenvalue weighted by molar-refractivity contribution is 7.15. The van der Waals surface area contributed by atoms with Gasteiger partial charge in [0.2, 0.25) is 0 Å². The van der Waals surface area contributed by atoms with Crippen molar-refractivity contribution in [1.29, 1.82) is 0 Å². The quantitative estimate of drug-likeness (QED) is 0.835. The summed E-state index contributed by atoms with van der Waals surface area (Å²) >= 11 is 0. The number of amides is 2. The Bertz CT molecular complexity index is 733. The van der Waals surface area contributed by atoms with Gasteiger partial charge < -0.3 is 14.9 Å². The molecule has 2 aromatic rings. The summed E-state index contributed by atoms with van der Waals surface area (Å²) in [7, 11) is 4.21. The van der Waals surface area contributed by atoms with E-state index >= 15 is 0 Å². The van der Waals surface area contributed by atoms with Crippen LogP contribution in [0.25, 0.3) is 10.8 Å². The molecule has 1 aliphatic heterocycles. The van der Waals surface area contributed by atoms with Crippen LogP contribution in [0.1, 0.15) is 0 Å². The number of pyridine rings is 1. The first kappa shape index (κ1) is 14.6. The van der Waals surface area contributed by atoms with Gasteiger partial charge in [0.25, 0.3) is 0 Å². The second kappa shape index (κ2) is 6.20. The number of nitrogens with one attached hydrogen (secondary N) is 2. The van der Waals surface area contributed by atoms with Gasteiger partial charge in [-0.3, -0.25) is 5.32 Å². The number of benzene rings is 1. The fraction of sp³-hybridized carbons (Fsp3) is 0.200. The maximum Gasteiger partial charge on any atom is 0.323 e. The standard InChI is InChI=1S/C15H18N5OP/c1-19-6-8-20(9-7-19)14-12-5-3-2-4-11(12)10-13(16-14)17-15(21)18-22/h2-6,8,10H,7,9,22H2,1H3,(H2,16,17,18,21). The van der Waals surface area contributed by atoms with Crippen molar-refractivity contribution in [3.63, 3.8) is 0 Å². The molecule has 0 aliphatic carbocycles. The van der Waals surface area contributed by atoms with Crippen LogP contribution in [0, 0.1) is 0 Å². The van der Waals surface area contributed by atoms with Crippen molar-refractivity contribution in [3.05, 3.63) is 42.7 Å². The van der Waals surface area contributed by atoms with Crippen LogP contribution in [0.4, 0.5) is 16.4 Å². The van der Waals surface area contributed by atoms with Crippen LogP contribution in [0.2, 0.25) is 0 Å². The van der Waals surface area contributed by atoms with E-state index in [-0.39, 0.29) is 6.03 Å². The van der Waals surface area contributed by atoms with E-state index in [2.05, 4.69) is 34.6 Å². The third kappa shape index (κ3) is 2.97. The average molecular weight is 315 g/mol. The van der Waals surface area contributed by atoms with Crippen LogP contribution in [-0.4, -0.2) is 36.1 Å². The summed E-state index contributed by atoms with van der Waals surface area (Å²) in [6.07, 6.45) is 4.03. The summed E-state index contributed by atoms with van der Waals surface area (Å²) in [4.78, 5) is 20.4. The minimum absolute atomic E-state index is 0.312. The Balaban J connectivity index is 2.06. The molecular formula is C15H18N5OP. The maximum absolute atomic E-state index is 11.5. The molecule has 0 spiro atoms. The van der Waals surface area contributed by atoms with Crippen molar-refractivity contribution >= 4 is 37.8 Å². The van der Waals surface area contributed by atoms with E-state index in [4.69, 9.17) is 0 Å². The number of hydrogen-bond donors (Lipinski definition) is 2. The molecule has 0 fully saturated rings. The van der Waals surface area contributed by atoms with Crippen LogP contribution in [-0.2, 0) is 0 Å². The topological polar surface area (TPSA) is 60.5 Å². The summed E-state index contributed by atoms with van der Waals surface area (Å²) < 4.78 is 0. The number of likely N-dealkylation sites (N-methyl/N-ethyl adjacent to an activating group) is 1. The molecule has 114 valence electrons. The molecule has 2 amide bonds. The first-order valence-corrected chi connectivity index (χ1v) is 7.58. The molecule has 7 heteroatoms. The smallest absolute Gasteiger partial charge is 0.323 e. The van der Waals surface area contributed by atoms with Gasteiger partial charge in [0.15, 0.2) is 0 Å². The number of carbonyl (C=O) groups excluding carboxylic acids is 1. The molecule has 1 unspecified atom stereocenters. The van der Waals surface area contributed by atoms with E-state index in [1.807, 2.05) is 49.8 Å². The second-order valence-electron chi connectivity index (χ2n) is 5.12. The van der Waals surface area contributed by atoms with Gasteiger partial charge in [-0.1, -0.05) is 24.3 Å². The predicted octanol–water partition coefficient (Wildman–Crippen LogP) is 2.37. The van der Waals surface area contributed by atoms with Gasteiger partial charge in [-0.15, -0.1) is 0 Å². The van der Waals surface area contributed by atoms with Gasteiger partial charge in [0.05, 0.1) is 0 Å². The lowest BCUT2D eigenvalue weighted by molar-refractivity contribution is 0.257. The van der Waals surface area contributed by atoms with Crippen LogP contribution in [0.3, 0.4) is 0 Å². The highest BCUT2D eigenvalue weighted by Crippen LogP contribution is 2.28. The fourth-order valence-corrected chi connectivity index (χ4v) is 2.47. The lowest BCUT2D eigenvalue weighted by Gasteiger charge is -2.29. The fourth-order valence-electron chi connectivity index (χ4n) is 2.40. The Labute approximate surface area is 131 Å². The van der Waals surface area contributed by atoms with Gasteiger partial charge in [0.1, 0.15) is 11.6 Å². The summed E-state index contributed by atoms with van der Waals surface area (Å²) in [5.74, 6) is 1.38. The molecular weight excluding hydrogens is 297 g/mol. The van der Waals surface area contributed by atoms with E-state index in [1.54, 1.807) is 0 Å². The molecule has 1 atom stereocenters. The molecule has 0 saturated heterocycles. The van der Waals surface area contributed by atoms with E-state index < -0.39 is 0 Å². The molecule has 22 heavy (non-hydrogen) atoms. The van der Waals surface area contributed by atoms with Crippen molar-refractivity contribution < 1.29 is 4.79 Å². The number of fused-ring (bicyclic) bond motifs is 1. The summed E-state index contributed by atoms with van der Waals surface area (Å²) in [5, 5.41) is 7.29. The SMILES string of the molecule is CN1C=CN(c2nc(NC(=O)NP)cc3ccccc23)CC1. The third-order valence-electron chi connectivity index (χ3n) is 3.56. The molecule has 0 radical (unpaired) electrons. The van der Waals surface area contributed by atoms with Gasteiger partial charge >= 0.3 is 6.03 Å². The van der Waals surface area contributed by atoms with E-state index in [0.29, 0.717) is 5.82 Å². The zero-order chi connectivity index (χ0) is 15.5. The molecule has 2 heterocycles. The average Bonchev–Trinajstić information content (AvgIpc) is 2.55. The monoisotopic (exact) mass is 315 g/mol. The first-order chi connectivity index (χ1) is 10.7.